The second-order valence-electron chi connectivity index (χ2n) is 10.6. The molecular formula is C35H39N3O8. The quantitative estimate of drug-likeness (QED) is 0.122. The van der Waals surface area contributed by atoms with Crippen LogP contribution in [0.25, 0.3) is 0 Å². The third kappa shape index (κ3) is 10.4. The van der Waals surface area contributed by atoms with Gasteiger partial charge in [0.25, 0.3) is 11.8 Å². The van der Waals surface area contributed by atoms with E-state index in [-0.39, 0.29) is 24.0 Å². The van der Waals surface area contributed by atoms with Gasteiger partial charge in [-0.05, 0) is 68.3 Å². The molecule has 0 heterocycles. The molecule has 0 aliphatic heterocycles. The Balaban J connectivity index is 0.000000251. The molecule has 0 saturated carbocycles. The van der Waals surface area contributed by atoms with Gasteiger partial charge < -0.3 is 19.9 Å². The summed E-state index contributed by atoms with van der Waals surface area (Å²) >= 11 is 0. The van der Waals surface area contributed by atoms with Crippen molar-refractivity contribution in [1.29, 1.82) is 0 Å². The van der Waals surface area contributed by atoms with Gasteiger partial charge in [-0.3, -0.25) is 24.8 Å². The highest BCUT2D eigenvalue weighted by Crippen LogP contribution is 2.31. The maximum atomic E-state index is 12.5. The van der Waals surface area contributed by atoms with E-state index in [1.807, 2.05) is 68.4 Å². The number of likely N-dealkylation sites (N-methyl/N-ethyl adjacent to an activating group) is 1. The number of nitrogens with zero attached hydrogens (tertiary/aromatic N) is 2. The molecule has 4 N–H and O–H groups in total. The lowest BCUT2D eigenvalue weighted by molar-refractivity contribution is -0.172. The Morgan fingerprint density at radius 1 is 0.848 bits per heavy atom. The molecule has 11 heteroatoms. The molecule has 1 atom stereocenters. The van der Waals surface area contributed by atoms with Crippen LogP contribution in [0, 0.1) is 13.8 Å². The van der Waals surface area contributed by atoms with E-state index < -0.39 is 17.9 Å². The van der Waals surface area contributed by atoms with Crippen molar-refractivity contribution in [2.24, 2.45) is 0 Å². The number of hydrogen-bond donors (Lipinski definition) is 4. The summed E-state index contributed by atoms with van der Waals surface area (Å²) in [6.45, 7) is 6.74. The number of ether oxygens (including phenoxy) is 2. The number of hydroxylamine groups is 4. The Bertz CT molecular complexity index is 1630. The van der Waals surface area contributed by atoms with E-state index in [1.165, 1.54) is 20.0 Å². The fourth-order valence-corrected chi connectivity index (χ4v) is 4.12. The Morgan fingerprint density at radius 3 is 2.11 bits per heavy atom. The van der Waals surface area contributed by atoms with Crippen LogP contribution in [0.5, 0.6) is 17.2 Å². The fraction of sp³-hybridized carbons (Fsp3) is 0.229. The van der Waals surface area contributed by atoms with Gasteiger partial charge in [-0.1, -0.05) is 54.1 Å². The van der Waals surface area contributed by atoms with Gasteiger partial charge in [-0.15, -0.1) is 0 Å². The monoisotopic (exact) mass is 629 g/mol. The molecule has 0 saturated heterocycles. The number of aryl methyl sites for hydroxylation is 2. The Labute approximate surface area is 268 Å². The molecular weight excluding hydrogens is 590 g/mol. The van der Waals surface area contributed by atoms with Crippen molar-refractivity contribution in [3.05, 3.63) is 119 Å². The number of amides is 3. The Kier molecular flexibility index (Phi) is 12.7. The predicted octanol–water partition coefficient (Wildman–Crippen LogP) is 6.05. The molecule has 0 radical (unpaired) electrons. The Morgan fingerprint density at radius 2 is 1.50 bits per heavy atom. The van der Waals surface area contributed by atoms with Crippen LogP contribution in [-0.2, 0) is 16.2 Å². The van der Waals surface area contributed by atoms with E-state index in [2.05, 4.69) is 5.32 Å². The largest absolute Gasteiger partial charge is 0.507 e. The molecule has 0 fully saturated rings. The number of carbonyl (C=O) groups is 3. The molecule has 4 rings (SSSR count). The minimum Gasteiger partial charge on any atom is -0.507 e. The first kappa shape index (κ1) is 35.1. The van der Waals surface area contributed by atoms with Crippen LogP contribution in [-0.4, -0.2) is 57.0 Å². The average molecular weight is 630 g/mol. The van der Waals surface area contributed by atoms with E-state index in [0.717, 1.165) is 16.7 Å². The number of rotatable bonds is 10. The molecule has 0 spiro atoms. The SMILES string of the molecule is CC(=O)N(O)C(C)c1ccc(OCc2ccccc2)cc1O.Cc1ccc(NC(=O)c2ccc(C)cc2OCC(=O)N(C)O)cc1. The zero-order valence-electron chi connectivity index (χ0n) is 26.4. The molecule has 0 bridgehead atoms. The van der Waals surface area contributed by atoms with Crippen molar-refractivity contribution in [2.75, 3.05) is 19.0 Å². The highest BCUT2D eigenvalue weighted by Gasteiger charge is 2.20. The van der Waals surface area contributed by atoms with Crippen molar-refractivity contribution in [2.45, 2.75) is 40.3 Å². The van der Waals surface area contributed by atoms with Crippen molar-refractivity contribution >= 4 is 23.4 Å². The van der Waals surface area contributed by atoms with Gasteiger partial charge in [-0.25, -0.2) is 10.1 Å². The summed E-state index contributed by atoms with van der Waals surface area (Å²) < 4.78 is 11.0. The first-order chi connectivity index (χ1) is 21.8. The molecule has 0 aromatic heterocycles. The predicted molar refractivity (Wildman–Crippen MR) is 172 cm³/mol. The fourth-order valence-electron chi connectivity index (χ4n) is 4.12. The molecule has 0 aliphatic rings. The van der Waals surface area contributed by atoms with Gasteiger partial charge in [0.1, 0.15) is 23.9 Å². The van der Waals surface area contributed by atoms with Gasteiger partial charge >= 0.3 is 0 Å². The summed E-state index contributed by atoms with van der Waals surface area (Å²) in [5.41, 5.74) is 4.45. The van der Waals surface area contributed by atoms with Crippen LogP contribution in [0.1, 0.15) is 52.5 Å². The van der Waals surface area contributed by atoms with Crippen LogP contribution in [0.4, 0.5) is 5.69 Å². The third-order valence-corrected chi connectivity index (χ3v) is 6.79. The van der Waals surface area contributed by atoms with Crippen molar-refractivity contribution in [1.82, 2.24) is 10.1 Å². The molecule has 4 aromatic rings. The maximum absolute atomic E-state index is 12.5. The molecule has 1 unspecified atom stereocenters. The first-order valence-corrected chi connectivity index (χ1v) is 14.4. The molecule has 11 nitrogen and oxygen atoms in total. The summed E-state index contributed by atoms with van der Waals surface area (Å²) in [6.07, 6.45) is 0. The van der Waals surface area contributed by atoms with Crippen LogP contribution < -0.4 is 14.8 Å². The second-order valence-corrected chi connectivity index (χ2v) is 10.6. The van der Waals surface area contributed by atoms with Crippen molar-refractivity contribution in [3.8, 4) is 17.2 Å². The normalized spacial score (nSPS) is 10.9. The highest BCUT2D eigenvalue weighted by atomic mass is 16.5. The maximum Gasteiger partial charge on any atom is 0.283 e. The number of aromatic hydroxyl groups is 1. The number of hydrogen-bond acceptors (Lipinski definition) is 8. The first-order valence-electron chi connectivity index (χ1n) is 14.4. The number of benzene rings is 4. The number of nitrogens with one attached hydrogen (secondary N) is 1. The lowest BCUT2D eigenvalue weighted by Crippen LogP contribution is -2.28. The number of phenolic OH excluding ortho intramolecular Hbond substituents is 1. The minimum atomic E-state index is -0.638. The lowest BCUT2D eigenvalue weighted by atomic mass is 10.1. The van der Waals surface area contributed by atoms with Gasteiger partial charge in [0.15, 0.2) is 6.61 Å². The summed E-state index contributed by atoms with van der Waals surface area (Å²) in [7, 11) is 1.22. The molecule has 3 amide bonds. The van der Waals surface area contributed by atoms with Crippen LogP contribution in [0.3, 0.4) is 0 Å². The smallest absolute Gasteiger partial charge is 0.283 e. The summed E-state index contributed by atoms with van der Waals surface area (Å²) in [6, 6.07) is 26.4. The zero-order valence-corrected chi connectivity index (χ0v) is 26.4. The zero-order chi connectivity index (χ0) is 33.8. The highest BCUT2D eigenvalue weighted by molar-refractivity contribution is 6.06. The minimum absolute atomic E-state index is 0.0293. The Hall–Kier alpha value is -5.39. The van der Waals surface area contributed by atoms with Gasteiger partial charge in [-0.2, -0.15) is 0 Å². The number of carbonyl (C=O) groups excluding carboxylic acids is 3. The molecule has 46 heavy (non-hydrogen) atoms. The van der Waals surface area contributed by atoms with E-state index in [9.17, 15) is 24.7 Å². The van der Waals surface area contributed by atoms with Gasteiger partial charge in [0.2, 0.25) is 5.91 Å². The number of phenols is 1. The van der Waals surface area contributed by atoms with Gasteiger partial charge in [0, 0.05) is 31.3 Å². The molecule has 4 aromatic carbocycles. The van der Waals surface area contributed by atoms with E-state index >= 15 is 0 Å². The second kappa shape index (κ2) is 16.6. The lowest BCUT2D eigenvalue weighted by Gasteiger charge is -2.22. The molecule has 242 valence electrons. The third-order valence-electron chi connectivity index (χ3n) is 6.79. The summed E-state index contributed by atoms with van der Waals surface area (Å²) in [5.74, 6) is -0.658. The van der Waals surface area contributed by atoms with Crippen LogP contribution in [0.2, 0.25) is 0 Å². The van der Waals surface area contributed by atoms with Crippen molar-refractivity contribution < 1.29 is 39.4 Å². The topological polar surface area (TPSA) is 149 Å². The summed E-state index contributed by atoms with van der Waals surface area (Å²) in [5, 5.41) is 32.6. The van der Waals surface area contributed by atoms with E-state index in [0.29, 0.717) is 39.3 Å². The van der Waals surface area contributed by atoms with Crippen LogP contribution in [0.15, 0.2) is 91.0 Å². The average Bonchev–Trinajstić information content (AvgIpc) is 3.03. The van der Waals surface area contributed by atoms with E-state index in [1.54, 1.807) is 37.3 Å². The number of anilines is 1. The van der Waals surface area contributed by atoms with Crippen LogP contribution >= 0.6 is 0 Å². The van der Waals surface area contributed by atoms with Crippen molar-refractivity contribution in [3.63, 3.8) is 0 Å². The summed E-state index contributed by atoms with van der Waals surface area (Å²) in [4.78, 5) is 35.1. The molecule has 0 aliphatic carbocycles. The van der Waals surface area contributed by atoms with E-state index in [4.69, 9.17) is 14.7 Å². The van der Waals surface area contributed by atoms with Gasteiger partial charge in [0.05, 0.1) is 11.6 Å². The standard InChI is InChI=1S/C18H20N2O4.C17H19NO4/c1-12-4-7-14(8-5-12)19-18(22)15-9-6-13(2)10-16(15)24-11-17(21)20(3)23;1-12(18(21)13(2)19)16-9-8-15(10-17(16)20)22-11-14-6-4-3-5-7-14/h4-10,23H,11H2,1-3H3,(H,19,22);3-10,12,20-21H,11H2,1-2H3.